The third-order valence-electron chi connectivity index (χ3n) is 5.10. The highest BCUT2D eigenvalue weighted by atomic mass is 35.5. The van der Waals surface area contributed by atoms with Crippen molar-refractivity contribution < 1.29 is 4.79 Å². The number of halogens is 1. The molecule has 0 fully saturated rings. The number of nitrogens with zero attached hydrogens (tertiary/aromatic N) is 1. The van der Waals surface area contributed by atoms with Gasteiger partial charge in [-0.1, -0.05) is 55.5 Å². The number of amides is 1. The predicted octanol–water partition coefficient (Wildman–Crippen LogP) is 5.14. The van der Waals surface area contributed by atoms with Crippen LogP contribution in [-0.4, -0.2) is 16.8 Å². The molecule has 0 bridgehead atoms. The van der Waals surface area contributed by atoms with Crippen molar-refractivity contribution in [2.24, 2.45) is 0 Å². The molecule has 0 unspecified atom stereocenters. The van der Waals surface area contributed by atoms with Crippen LogP contribution in [-0.2, 0) is 10.2 Å². The van der Waals surface area contributed by atoms with Gasteiger partial charge in [0, 0.05) is 16.6 Å². The molecule has 0 N–H and O–H groups in total. The van der Waals surface area contributed by atoms with E-state index in [9.17, 15) is 4.79 Å². The first-order valence-electron chi connectivity index (χ1n) is 8.40. The van der Waals surface area contributed by atoms with Gasteiger partial charge in [0.25, 0.3) is 0 Å². The zero-order valence-corrected chi connectivity index (χ0v) is 15.5. The van der Waals surface area contributed by atoms with Gasteiger partial charge in [0.15, 0.2) is 0 Å². The van der Waals surface area contributed by atoms with E-state index in [1.54, 1.807) is 6.92 Å². The molecule has 1 heterocycles. The molecule has 2 nitrogen and oxygen atoms in total. The number of hydrogen-bond donors (Lipinski definition) is 0. The summed E-state index contributed by atoms with van der Waals surface area (Å²) in [7, 11) is 0. The monoisotopic (exact) mass is 341 g/mol. The van der Waals surface area contributed by atoms with Gasteiger partial charge in [0.05, 0.1) is 0 Å². The molecule has 0 saturated carbocycles. The Balaban J connectivity index is 2.23. The van der Waals surface area contributed by atoms with Gasteiger partial charge >= 0.3 is 0 Å². The number of carbonyl (C=O) groups is 1. The van der Waals surface area contributed by atoms with Crippen molar-refractivity contribution in [3.05, 3.63) is 65.7 Å². The van der Waals surface area contributed by atoms with Crippen LogP contribution in [0.1, 0.15) is 45.2 Å². The lowest BCUT2D eigenvalue weighted by molar-refractivity contribution is -0.119. The molecule has 2 aromatic rings. The lowest BCUT2D eigenvalue weighted by Gasteiger charge is -2.51. The first-order valence-corrected chi connectivity index (χ1v) is 8.84. The van der Waals surface area contributed by atoms with Gasteiger partial charge in [0.2, 0.25) is 5.91 Å². The van der Waals surface area contributed by atoms with E-state index >= 15 is 0 Å². The predicted molar refractivity (Wildman–Crippen MR) is 101 cm³/mol. The molecule has 0 aliphatic carbocycles. The Morgan fingerprint density at radius 1 is 1.04 bits per heavy atom. The second-order valence-corrected chi connectivity index (χ2v) is 8.15. The van der Waals surface area contributed by atoms with E-state index in [2.05, 4.69) is 51.1 Å². The average Bonchev–Trinajstić information content (AvgIpc) is 2.54. The molecular formula is C21H24ClNO. The summed E-state index contributed by atoms with van der Waals surface area (Å²) in [6.45, 7) is 8.27. The van der Waals surface area contributed by atoms with E-state index in [4.69, 9.17) is 11.6 Å². The van der Waals surface area contributed by atoms with E-state index in [1.807, 2.05) is 29.2 Å². The van der Waals surface area contributed by atoms with Crippen LogP contribution in [0.15, 0.2) is 54.6 Å². The summed E-state index contributed by atoms with van der Waals surface area (Å²) in [5.41, 5.74) is 2.96. The third kappa shape index (κ3) is 2.63. The molecular weight excluding hydrogens is 318 g/mol. The van der Waals surface area contributed by atoms with Crippen LogP contribution in [0.2, 0.25) is 0 Å². The third-order valence-corrected chi connectivity index (χ3v) is 5.29. The fourth-order valence-electron chi connectivity index (χ4n) is 4.16. The van der Waals surface area contributed by atoms with Crippen LogP contribution in [0.25, 0.3) is 0 Å². The smallest absolute Gasteiger partial charge is 0.245 e. The topological polar surface area (TPSA) is 20.3 Å². The highest BCUT2D eigenvalue weighted by Crippen LogP contribution is 2.50. The number of fused-ring (bicyclic) bond motifs is 1. The highest BCUT2D eigenvalue weighted by Gasteiger charge is 2.48. The number of anilines is 1. The van der Waals surface area contributed by atoms with Crippen LogP contribution < -0.4 is 4.90 Å². The number of benzene rings is 2. The van der Waals surface area contributed by atoms with Crippen LogP contribution in [0, 0.1) is 0 Å². The molecule has 0 aromatic heterocycles. The van der Waals surface area contributed by atoms with Crippen molar-refractivity contribution in [1.82, 2.24) is 0 Å². The number of hydrogen-bond acceptors (Lipinski definition) is 1. The largest absolute Gasteiger partial charge is 0.305 e. The van der Waals surface area contributed by atoms with E-state index in [-0.39, 0.29) is 16.9 Å². The van der Waals surface area contributed by atoms with E-state index in [0.717, 1.165) is 12.1 Å². The molecule has 0 saturated heterocycles. The molecule has 1 aliphatic rings. The first kappa shape index (κ1) is 17.0. The fourth-order valence-corrected chi connectivity index (χ4v) is 4.26. The first-order chi connectivity index (χ1) is 11.3. The van der Waals surface area contributed by atoms with Crippen molar-refractivity contribution >= 4 is 23.2 Å². The maximum atomic E-state index is 12.8. The number of para-hydroxylation sites is 1. The van der Waals surface area contributed by atoms with Crippen LogP contribution >= 0.6 is 11.6 Å². The molecule has 2 aromatic carbocycles. The summed E-state index contributed by atoms with van der Waals surface area (Å²) in [4.78, 5) is 14.7. The van der Waals surface area contributed by atoms with Crippen molar-refractivity contribution in [1.29, 1.82) is 0 Å². The normalized spacial score (nSPS) is 23.5. The maximum Gasteiger partial charge on any atom is 0.245 e. The second-order valence-electron chi connectivity index (χ2n) is 7.49. The van der Waals surface area contributed by atoms with E-state index < -0.39 is 5.38 Å². The minimum Gasteiger partial charge on any atom is -0.305 e. The van der Waals surface area contributed by atoms with Gasteiger partial charge in [-0.15, -0.1) is 11.6 Å². The van der Waals surface area contributed by atoms with Crippen LogP contribution in [0.5, 0.6) is 0 Å². The Morgan fingerprint density at radius 3 is 2.25 bits per heavy atom. The summed E-state index contributed by atoms with van der Waals surface area (Å²) in [5.74, 6) is -0.0378. The van der Waals surface area contributed by atoms with Crippen molar-refractivity contribution in [3.8, 4) is 0 Å². The highest BCUT2D eigenvalue weighted by molar-refractivity contribution is 6.32. The Hall–Kier alpha value is -1.80. The van der Waals surface area contributed by atoms with Gasteiger partial charge in [-0.25, -0.2) is 0 Å². The standard InChI is InChI=1S/C21H24ClNO/c1-15(22)19(24)23-18-13-9-8-12-17(18)21(4,14-20(23,2)3)16-10-6-5-7-11-16/h5-13,15H,14H2,1-4H3/t15-,21-/m0/s1. The quantitative estimate of drug-likeness (QED) is 0.693. The van der Waals surface area contributed by atoms with Gasteiger partial charge in [-0.05, 0) is 44.4 Å². The summed E-state index contributed by atoms with van der Waals surface area (Å²) in [6.07, 6.45) is 0.844. The summed E-state index contributed by atoms with van der Waals surface area (Å²) in [5, 5.41) is -0.543. The number of alkyl halides is 1. The average molecular weight is 342 g/mol. The zero-order chi connectivity index (χ0) is 17.5. The van der Waals surface area contributed by atoms with E-state index in [0.29, 0.717) is 0 Å². The summed E-state index contributed by atoms with van der Waals surface area (Å²) in [6, 6.07) is 18.8. The van der Waals surface area contributed by atoms with Crippen molar-refractivity contribution in [2.75, 3.05) is 4.90 Å². The Morgan fingerprint density at radius 2 is 1.62 bits per heavy atom. The SMILES string of the molecule is C[C@H](Cl)C(=O)N1c2ccccc2[C@](C)(c2ccccc2)CC1(C)C. The van der Waals surface area contributed by atoms with Gasteiger partial charge in [-0.2, -0.15) is 0 Å². The molecule has 1 aliphatic heterocycles. The minimum absolute atomic E-state index is 0.0378. The molecule has 126 valence electrons. The minimum atomic E-state index is -0.543. The molecule has 3 heteroatoms. The lowest BCUT2D eigenvalue weighted by atomic mass is 9.65. The van der Waals surface area contributed by atoms with Gasteiger partial charge in [-0.3, -0.25) is 4.79 Å². The summed E-state index contributed by atoms with van der Waals surface area (Å²) < 4.78 is 0. The molecule has 0 radical (unpaired) electrons. The van der Waals surface area contributed by atoms with Crippen molar-refractivity contribution in [2.45, 2.75) is 50.4 Å². The van der Waals surface area contributed by atoms with Gasteiger partial charge < -0.3 is 4.90 Å². The molecule has 24 heavy (non-hydrogen) atoms. The second kappa shape index (κ2) is 5.93. The molecule has 0 spiro atoms. The summed E-state index contributed by atoms with van der Waals surface area (Å²) >= 11 is 6.15. The van der Waals surface area contributed by atoms with E-state index in [1.165, 1.54) is 11.1 Å². The Kier molecular flexibility index (Phi) is 4.21. The van der Waals surface area contributed by atoms with Gasteiger partial charge in [0.1, 0.15) is 5.38 Å². The Bertz CT molecular complexity index is 753. The molecule has 3 rings (SSSR count). The zero-order valence-electron chi connectivity index (χ0n) is 14.7. The maximum absolute atomic E-state index is 12.8. The number of carbonyl (C=O) groups excluding carboxylic acids is 1. The molecule has 2 atom stereocenters. The fraction of sp³-hybridized carbons (Fsp3) is 0.381. The Labute approximate surface area is 149 Å². The van der Waals surface area contributed by atoms with Crippen molar-refractivity contribution in [3.63, 3.8) is 0 Å². The van der Waals surface area contributed by atoms with Crippen LogP contribution in [0.3, 0.4) is 0 Å². The molecule has 1 amide bonds. The van der Waals surface area contributed by atoms with Crippen LogP contribution in [0.4, 0.5) is 5.69 Å². The number of rotatable bonds is 2. The lowest BCUT2D eigenvalue weighted by Crippen LogP contribution is -2.57.